The largest absolute Gasteiger partial charge is 0.334 e. The predicted octanol–water partition coefficient (Wildman–Crippen LogP) is 3.02. The summed E-state index contributed by atoms with van der Waals surface area (Å²) in [6.07, 6.45) is 3.00. The third-order valence-electron chi connectivity index (χ3n) is 5.20. The zero-order valence-electron chi connectivity index (χ0n) is 17.3. The van der Waals surface area contributed by atoms with Crippen LogP contribution >= 0.6 is 11.6 Å². The number of hydrogen-bond donors (Lipinski definition) is 1. The number of halogens is 3. The molecule has 0 saturated carbocycles. The van der Waals surface area contributed by atoms with E-state index in [1.54, 1.807) is 12.1 Å². The van der Waals surface area contributed by atoms with Crippen molar-refractivity contribution in [2.75, 3.05) is 26.2 Å². The Labute approximate surface area is 194 Å². The molecule has 0 radical (unpaired) electrons. The summed E-state index contributed by atoms with van der Waals surface area (Å²) in [6, 6.07) is 8.88. The van der Waals surface area contributed by atoms with Crippen molar-refractivity contribution < 1.29 is 22.0 Å². The fourth-order valence-corrected chi connectivity index (χ4v) is 5.17. The Morgan fingerprint density at radius 1 is 1.09 bits per heavy atom. The number of benzene rings is 2. The number of sulfonamides is 1. The molecule has 0 atom stereocenters. The molecule has 3 aromatic rings. The highest BCUT2D eigenvalue weighted by Gasteiger charge is 2.30. The number of carbonyl (C=O) groups is 1. The monoisotopic (exact) mass is 495 g/mol. The van der Waals surface area contributed by atoms with Crippen LogP contribution in [0.25, 0.3) is 5.69 Å². The molecule has 0 unspecified atom stereocenters. The number of nitrogens with one attached hydrogen (secondary N) is 1. The Morgan fingerprint density at radius 3 is 2.55 bits per heavy atom. The van der Waals surface area contributed by atoms with E-state index in [0.717, 1.165) is 12.1 Å². The maximum absolute atomic E-state index is 13.9. The molecule has 0 bridgehead atoms. The zero-order chi connectivity index (χ0) is 23.6. The van der Waals surface area contributed by atoms with Gasteiger partial charge in [-0.25, -0.2) is 26.7 Å². The number of urea groups is 1. The number of amides is 2. The molecule has 174 valence electrons. The maximum Gasteiger partial charge on any atom is 0.317 e. The lowest BCUT2D eigenvalue weighted by Crippen LogP contribution is -2.52. The minimum absolute atomic E-state index is 0.0889. The molecule has 1 fully saturated rings. The van der Waals surface area contributed by atoms with Crippen LogP contribution in [0, 0.1) is 11.6 Å². The van der Waals surface area contributed by atoms with Crippen molar-refractivity contribution in [1.82, 2.24) is 24.3 Å². The normalized spacial score (nSPS) is 14.9. The van der Waals surface area contributed by atoms with Crippen molar-refractivity contribution in [1.29, 1.82) is 0 Å². The van der Waals surface area contributed by atoms with Crippen molar-refractivity contribution in [2.45, 2.75) is 11.4 Å². The molecule has 0 spiro atoms. The first kappa shape index (κ1) is 23.1. The van der Waals surface area contributed by atoms with Crippen LogP contribution in [0.2, 0.25) is 5.02 Å². The summed E-state index contributed by atoms with van der Waals surface area (Å²) in [7, 11) is -3.69. The van der Waals surface area contributed by atoms with Crippen LogP contribution in [0.15, 0.2) is 59.8 Å². The Kier molecular flexibility index (Phi) is 6.63. The fraction of sp³-hybridized carbons (Fsp3) is 0.238. The van der Waals surface area contributed by atoms with Gasteiger partial charge in [0, 0.05) is 55.6 Å². The molecule has 4 rings (SSSR count). The molecule has 1 saturated heterocycles. The summed E-state index contributed by atoms with van der Waals surface area (Å²) < 4.78 is 55.1. The lowest BCUT2D eigenvalue weighted by molar-refractivity contribution is 0.172. The summed E-state index contributed by atoms with van der Waals surface area (Å²) in [4.78, 5) is 14.1. The van der Waals surface area contributed by atoms with Gasteiger partial charge in [-0.2, -0.15) is 9.40 Å². The Bertz CT molecular complexity index is 1280. The number of hydrogen-bond acceptors (Lipinski definition) is 4. The van der Waals surface area contributed by atoms with Gasteiger partial charge in [-0.3, -0.25) is 0 Å². The van der Waals surface area contributed by atoms with Crippen LogP contribution in [-0.4, -0.2) is 59.6 Å². The second-order valence-corrected chi connectivity index (χ2v) is 9.77. The highest BCUT2D eigenvalue weighted by atomic mass is 35.5. The minimum atomic E-state index is -3.69. The van der Waals surface area contributed by atoms with Gasteiger partial charge in [-0.15, -0.1) is 0 Å². The first-order valence-corrected chi connectivity index (χ1v) is 11.8. The minimum Gasteiger partial charge on any atom is -0.334 e. The average molecular weight is 496 g/mol. The molecular formula is C21H20ClF2N5O3S. The van der Waals surface area contributed by atoms with Crippen LogP contribution in [0.3, 0.4) is 0 Å². The average Bonchev–Trinajstić information content (AvgIpc) is 3.26. The molecule has 1 aromatic heterocycles. The van der Waals surface area contributed by atoms with E-state index in [9.17, 15) is 22.0 Å². The van der Waals surface area contributed by atoms with Gasteiger partial charge in [0.1, 0.15) is 11.5 Å². The van der Waals surface area contributed by atoms with Gasteiger partial charge >= 0.3 is 6.03 Å². The first-order chi connectivity index (χ1) is 15.7. The highest BCUT2D eigenvalue weighted by Crippen LogP contribution is 2.21. The zero-order valence-corrected chi connectivity index (χ0v) is 18.9. The topological polar surface area (TPSA) is 87.5 Å². The molecule has 33 heavy (non-hydrogen) atoms. The highest BCUT2D eigenvalue weighted by molar-refractivity contribution is 7.89. The van der Waals surface area contributed by atoms with Gasteiger partial charge in [-0.05, 0) is 30.3 Å². The smallest absolute Gasteiger partial charge is 0.317 e. The lowest BCUT2D eigenvalue weighted by atomic mass is 10.3. The summed E-state index contributed by atoms with van der Waals surface area (Å²) in [6.45, 7) is 0.911. The van der Waals surface area contributed by atoms with E-state index in [1.165, 1.54) is 44.5 Å². The van der Waals surface area contributed by atoms with Crippen LogP contribution in [0.1, 0.15) is 5.56 Å². The van der Waals surface area contributed by atoms with Crippen molar-refractivity contribution in [3.05, 3.63) is 77.1 Å². The lowest BCUT2D eigenvalue weighted by Gasteiger charge is -2.34. The third kappa shape index (κ3) is 5.15. The number of nitrogens with zero attached hydrogens (tertiary/aromatic N) is 4. The molecular weight excluding hydrogens is 476 g/mol. The summed E-state index contributed by atoms with van der Waals surface area (Å²) in [5, 5.41) is 7.12. The molecule has 1 aliphatic heterocycles. The third-order valence-corrected chi connectivity index (χ3v) is 7.33. The second-order valence-electron chi connectivity index (χ2n) is 7.40. The van der Waals surface area contributed by atoms with E-state index >= 15 is 0 Å². The quantitative estimate of drug-likeness (QED) is 0.589. The maximum atomic E-state index is 13.9. The molecule has 8 nitrogen and oxygen atoms in total. The summed E-state index contributed by atoms with van der Waals surface area (Å²) in [5.74, 6) is -1.43. The van der Waals surface area contributed by atoms with Crippen LogP contribution < -0.4 is 5.32 Å². The Hall–Kier alpha value is -3.02. The number of piperazine rings is 1. The van der Waals surface area contributed by atoms with Crippen molar-refractivity contribution in [3.8, 4) is 5.69 Å². The fourth-order valence-electron chi connectivity index (χ4n) is 3.45. The molecule has 2 heterocycles. The summed E-state index contributed by atoms with van der Waals surface area (Å²) in [5.41, 5.74) is 0.709. The molecule has 12 heteroatoms. The van der Waals surface area contributed by atoms with Gasteiger partial charge in [0.05, 0.1) is 11.1 Å². The van der Waals surface area contributed by atoms with E-state index in [2.05, 4.69) is 10.4 Å². The number of carbonyl (C=O) groups excluding carboxylic acids is 1. The van der Waals surface area contributed by atoms with Gasteiger partial charge in [0.2, 0.25) is 10.0 Å². The van der Waals surface area contributed by atoms with E-state index in [-0.39, 0.29) is 49.3 Å². The Balaban J connectivity index is 1.31. The first-order valence-electron chi connectivity index (χ1n) is 10.0. The van der Waals surface area contributed by atoms with Crippen LogP contribution in [0.5, 0.6) is 0 Å². The SMILES string of the molecule is O=C(NCc1cnn(-c2ccc(F)cc2F)c1)N1CCN(S(=O)(=O)c2cccc(Cl)c2)CC1. The molecule has 1 aliphatic rings. The van der Waals surface area contributed by atoms with E-state index in [0.29, 0.717) is 10.6 Å². The van der Waals surface area contributed by atoms with Gasteiger partial charge < -0.3 is 10.2 Å². The number of aromatic nitrogens is 2. The van der Waals surface area contributed by atoms with E-state index in [1.807, 2.05) is 0 Å². The number of rotatable bonds is 5. The second kappa shape index (κ2) is 9.46. The van der Waals surface area contributed by atoms with Crippen molar-refractivity contribution in [2.24, 2.45) is 0 Å². The molecule has 2 aromatic carbocycles. The van der Waals surface area contributed by atoms with Crippen LogP contribution in [-0.2, 0) is 16.6 Å². The van der Waals surface area contributed by atoms with Crippen LogP contribution in [0.4, 0.5) is 13.6 Å². The van der Waals surface area contributed by atoms with Crippen molar-refractivity contribution >= 4 is 27.7 Å². The van der Waals surface area contributed by atoms with Gasteiger partial charge in [0.15, 0.2) is 5.82 Å². The van der Waals surface area contributed by atoms with Gasteiger partial charge in [0.25, 0.3) is 0 Å². The predicted molar refractivity (Wildman–Crippen MR) is 117 cm³/mol. The van der Waals surface area contributed by atoms with E-state index in [4.69, 9.17) is 11.6 Å². The van der Waals surface area contributed by atoms with Gasteiger partial charge in [-0.1, -0.05) is 17.7 Å². The van der Waals surface area contributed by atoms with E-state index < -0.39 is 21.7 Å². The Morgan fingerprint density at radius 2 is 1.85 bits per heavy atom. The molecule has 0 aliphatic carbocycles. The summed E-state index contributed by atoms with van der Waals surface area (Å²) >= 11 is 5.91. The molecule has 2 amide bonds. The standard InChI is InChI=1S/C21H20ClF2N5O3S/c22-16-2-1-3-18(10-16)33(31,32)28-8-6-27(7-9-28)21(30)25-12-15-13-26-29(14-15)20-5-4-17(23)11-19(20)24/h1-5,10-11,13-14H,6-9,12H2,(H,25,30). The van der Waals surface area contributed by atoms with Crippen molar-refractivity contribution in [3.63, 3.8) is 0 Å². The molecule has 1 N–H and O–H groups in total.